The highest BCUT2D eigenvalue weighted by Gasteiger charge is 2.23. The third kappa shape index (κ3) is 4.50. The van der Waals surface area contributed by atoms with Crippen LogP contribution < -0.4 is 10.9 Å². The van der Waals surface area contributed by atoms with Crippen LogP contribution in [0.4, 0.5) is 11.4 Å². The van der Waals surface area contributed by atoms with E-state index >= 15 is 0 Å². The van der Waals surface area contributed by atoms with Crippen molar-refractivity contribution in [3.05, 3.63) is 68.1 Å². The maximum atomic E-state index is 12.8. The molecule has 0 spiro atoms. The van der Waals surface area contributed by atoms with Crippen molar-refractivity contribution in [3.8, 4) is 0 Å². The highest BCUT2D eigenvalue weighted by molar-refractivity contribution is 6.05. The van der Waals surface area contributed by atoms with E-state index in [0.717, 1.165) is 12.8 Å². The largest absolute Gasteiger partial charge is 0.339 e. The number of anilines is 1. The summed E-state index contributed by atoms with van der Waals surface area (Å²) in [6, 6.07) is 6.42. The van der Waals surface area contributed by atoms with Crippen molar-refractivity contribution >= 4 is 23.2 Å². The van der Waals surface area contributed by atoms with Gasteiger partial charge >= 0.3 is 0 Å². The van der Waals surface area contributed by atoms with Crippen LogP contribution in [0.3, 0.4) is 0 Å². The van der Waals surface area contributed by atoms with Gasteiger partial charge in [-0.1, -0.05) is 6.92 Å². The summed E-state index contributed by atoms with van der Waals surface area (Å²) in [5.74, 6) is -0.192. The molecule has 9 heteroatoms. The van der Waals surface area contributed by atoms with E-state index < -0.39 is 16.4 Å². The molecule has 0 aliphatic carbocycles. The second-order valence-corrected chi connectivity index (χ2v) is 7.29. The van der Waals surface area contributed by atoms with Crippen LogP contribution in [0.2, 0.25) is 0 Å². The first kappa shape index (κ1) is 20.2. The third-order valence-corrected chi connectivity index (χ3v) is 5.09. The van der Waals surface area contributed by atoms with Crippen molar-refractivity contribution in [1.29, 1.82) is 0 Å². The van der Waals surface area contributed by atoms with Crippen LogP contribution in [0.5, 0.6) is 0 Å². The fourth-order valence-electron chi connectivity index (χ4n) is 3.24. The SMILES string of the molecule is CC1CCN(C(=O)c2cc(NC(=O)c3ccc([N+](=O)[O-])cc3)c(=O)n(C)c2)CC1. The number of nitro benzene ring substituents is 1. The molecule has 1 aliphatic rings. The van der Waals surface area contributed by atoms with Gasteiger partial charge < -0.3 is 14.8 Å². The van der Waals surface area contributed by atoms with Gasteiger partial charge in [0.05, 0.1) is 10.5 Å². The van der Waals surface area contributed by atoms with Gasteiger partial charge in [0.15, 0.2) is 0 Å². The molecular formula is C20H22N4O5. The van der Waals surface area contributed by atoms with Crippen LogP contribution in [0.15, 0.2) is 41.3 Å². The molecule has 152 valence electrons. The van der Waals surface area contributed by atoms with Gasteiger partial charge in [0, 0.05) is 44.0 Å². The first-order valence-corrected chi connectivity index (χ1v) is 9.32. The Kier molecular flexibility index (Phi) is 5.76. The average Bonchev–Trinajstić information content (AvgIpc) is 2.71. The Morgan fingerprint density at radius 3 is 2.34 bits per heavy atom. The average molecular weight is 398 g/mol. The number of amides is 2. The molecule has 0 unspecified atom stereocenters. The van der Waals surface area contributed by atoms with Crippen LogP contribution in [0, 0.1) is 16.0 Å². The Balaban J connectivity index is 1.82. The summed E-state index contributed by atoms with van der Waals surface area (Å²) in [4.78, 5) is 49.6. The lowest BCUT2D eigenvalue weighted by molar-refractivity contribution is -0.384. The number of aromatic nitrogens is 1. The number of piperidine rings is 1. The topological polar surface area (TPSA) is 115 Å². The standard InChI is InChI=1S/C20H22N4O5/c1-13-7-9-23(10-8-13)19(26)15-11-17(20(27)22(2)12-15)21-18(25)14-3-5-16(6-4-14)24(28)29/h3-6,11-13H,7-10H2,1-2H3,(H,21,25). The van der Waals surface area contributed by atoms with Crippen LogP contribution in [0.25, 0.3) is 0 Å². The molecule has 2 heterocycles. The zero-order valence-electron chi connectivity index (χ0n) is 16.3. The smallest absolute Gasteiger partial charge is 0.274 e. The van der Waals surface area contributed by atoms with E-state index in [9.17, 15) is 24.5 Å². The van der Waals surface area contributed by atoms with Crippen LogP contribution in [0.1, 0.15) is 40.5 Å². The van der Waals surface area contributed by atoms with Crippen molar-refractivity contribution in [2.24, 2.45) is 13.0 Å². The number of hydrogen-bond acceptors (Lipinski definition) is 5. The van der Waals surface area contributed by atoms with Crippen molar-refractivity contribution in [2.45, 2.75) is 19.8 Å². The van der Waals surface area contributed by atoms with Crippen molar-refractivity contribution in [2.75, 3.05) is 18.4 Å². The fourth-order valence-corrected chi connectivity index (χ4v) is 3.24. The molecule has 1 aromatic carbocycles. The zero-order chi connectivity index (χ0) is 21.1. The predicted octanol–water partition coefficient (Wildman–Crippen LogP) is 2.42. The molecule has 1 aromatic heterocycles. The molecule has 1 aliphatic heterocycles. The quantitative estimate of drug-likeness (QED) is 0.627. The molecule has 1 saturated heterocycles. The Bertz CT molecular complexity index is 1000. The summed E-state index contributed by atoms with van der Waals surface area (Å²) in [5, 5.41) is 13.2. The number of pyridine rings is 1. The number of nitrogens with zero attached hydrogens (tertiary/aromatic N) is 3. The minimum absolute atomic E-state index is 0.0212. The van der Waals surface area contributed by atoms with E-state index in [2.05, 4.69) is 12.2 Å². The molecule has 9 nitrogen and oxygen atoms in total. The van der Waals surface area contributed by atoms with Gasteiger partial charge in [-0.05, 0) is 37.0 Å². The number of hydrogen-bond donors (Lipinski definition) is 1. The van der Waals surface area contributed by atoms with Gasteiger partial charge in [0.25, 0.3) is 23.1 Å². The van der Waals surface area contributed by atoms with E-state index in [0.29, 0.717) is 24.6 Å². The van der Waals surface area contributed by atoms with E-state index in [-0.39, 0.29) is 22.8 Å². The Morgan fingerprint density at radius 1 is 1.14 bits per heavy atom. The van der Waals surface area contributed by atoms with E-state index in [1.54, 1.807) is 4.90 Å². The Hall–Kier alpha value is -3.49. The highest BCUT2D eigenvalue weighted by atomic mass is 16.6. The number of non-ortho nitro benzene ring substituents is 1. The second kappa shape index (κ2) is 8.26. The first-order valence-electron chi connectivity index (χ1n) is 9.32. The normalized spacial score (nSPS) is 14.5. The summed E-state index contributed by atoms with van der Waals surface area (Å²) in [5.41, 5.74) is -0.128. The van der Waals surface area contributed by atoms with Gasteiger partial charge in [0.1, 0.15) is 5.69 Å². The maximum absolute atomic E-state index is 12.8. The van der Waals surface area contributed by atoms with Crippen LogP contribution in [-0.4, -0.2) is 39.3 Å². The molecule has 2 aromatic rings. The molecule has 2 amide bonds. The van der Waals surface area contributed by atoms with Gasteiger partial charge in [-0.25, -0.2) is 0 Å². The third-order valence-electron chi connectivity index (χ3n) is 5.09. The molecule has 1 fully saturated rings. The number of nitrogens with one attached hydrogen (secondary N) is 1. The lowest BCUT2D eigenvalue weighted by Gasteiger charge is -2.30. The van der Waals surface area contributed by atoms with Crippen LogP contribution >= 0.6 is 0 Å². The number of likely N-dealkylation sites (tertiary alicyclic amines) is 1. The maximum Gasteiger partial charge on any atom is 0.274 e. The van der Waals surface area contributed by atoms with Gasteiger partial charge in [-0.15, -0.1) is 0 Å². The van der Waals surface area contributed by atoms with Gasteiger partial charge in [-0.3, -0.25) is 24.5 Å². The molecule has 0 bridgehead atoms. The molecule has 3 rings (SSSR count). The fraction of sp³-hybridized carbons (Fsp3) is 0.350. The Labute approximate surface area is 167 Å². The minimum atomic E-state index is -0.589. The first-order chi connectivity index (χ1) is 13.8. The minimum Gasteiger partial charge on any atom is -0.339 e. The van der Waals surface area contributed by atoms with Gasteiger partial charge in [-0.2, -0.15) is 0 Å². The lowest BCUT2D eigenvalue weighted by Crippen LogP contribution is -2.38. The van der Waals surface area contributed by atoms with Crippen LogP contribution in [-0.2, 0) is 7.05 Å². The van der Waals surface area contributed by atoms with Gasteiger partial charge in [0.2, 0.25) is 0 Å². The summed E-state index contributed by atoms with van der Waals surface area (Å²) >= 11 is 0. The Morgan fingerprint density at radius 2 is 1.76 bits per heavy atom. The molecule has 0 radical (unpaired) electrons. The monoisotopic (exact) mass is 398 g/mol. The lowest BCUT2D eigenvalue weighted by atomic mass is 9.99. The molecular weight excluding hydrogens is 376 g/mol. The van der Waals surface area contributed by atoms with E-state index in [4.69, 9.17) is 0 Å². The summed E-state index contributed by atoms with van der Waals surface area (Å²) in [6.45, 7) is 3.47. The molecule has 29 heavy (non-hydrogen) atoms. The summed E-state index contributed by atoms with van der Waals surface area (Å²) < 4.78 is 1.26. The number of carbonyl (C=O) groups is 2. The van der Waals surface area contributed by atoms with Crippen molar-refractivity contribution in [1.82, 2.24) is 9.47 Å². The predicted molar refractivity (Wildman–Crippen MR) is 107 cm³/mol. The zero-order valence-corrected chi connectivity index (χ0v) is 16.3. The molecule has 0 saturated carbocycles. The number of benzene rings is 1. The van der Waals surface area contributed by atoms with Crippen molar-refractivity contribution < 1.29 is 14.5 Å². The van der Waals surface area contributed by atoms with E-state index in [1.807, 2.05) is 0 Å². The molecule has 0 atom stereocenters. The molecule has 1 N–H and O–H groups in total. The highest BCUT2D eigenvalue weighted by Crippen LogP contribution is 2.19. The number of carbonyl (C=O) groups excluding carboxylic acids is 2. The number of aryl methyl sites for hydroxylation is 1. The van der Waals surface area contributed by atoms with E-state index in [1.165, 1.54) is 48.1 Å². The summed E-state index contributed by atoms with van der Waals surface area (Å²) in [6.07, 6.45) is 3.33. The number of nitro groups is 1. The van der Waals surface area contributed by atoms with Crippen molar-refractivity contribution in [3.63, 3.8) is 0 Å². The second-order valence-electron chi connectivity index (χ2n) is 7.29. The number of rotatable bonds is 4. The summed E-state index contributed by atoms with van der Waals surface area (Å²) in [7, 11) is 1.51.